The summed E-state index contributed by atoms with van der Waals surface area (Å²) >= 11 is 0. The molecule has 1 aliphatic heterocycles. The zero-order chi connectivity index (χ0) is 10.7. The Morgan fingerprint density at radius 2 is 2.25 bits per heavy atom. The van der Waals surface area contributed by atoms with Crippen molar-refractivity contribution in [1.82, 2.24) is 5.32 Å². The van der Waals surface area contributed by atoms with E-state index in [2.05, 4.69) is 30.4 Å². The van der Waals surface area contributed by atoms with Crippen LogP contribution in [0, 0.1) is 0 Å². The van der Waals surface area contributed by atoms with Gasteiger partial charge < -0.3 is 10.2 Å². The smallest absolute Gasteiger partial charge is 0.171 e. The fourth-order valence-corrected chi connectivity index (χ4v) is 1.64. The fourth-order valence-electron chi connectivity index (χ4n) is 1.64. The summed E-state index contributed by atoms with van der Waals surface area (Å²) in [4.78, 5) is 9.96. The zero-order valence-electron chi connectivity index (χ0n) is 9.66. The molecule has 16 heavy (non-hydrogen) atoms. The van der Waals surface area contributed by atoms with Crippen molar-refractivity contribution in [2.45, 2.75) is 32.4 Å². The third kappa shape index (κ3) is 3.11. The predicted molar refractivity (Wildman–Crippen MR) is 65.9 cm³/mol. The van der Waals surface area contributed by atoms with Crippen LogP contribution in [0.3, 0.4) is 0 Å². The molecule has 1 heterocycles. The van der Waals surface area contributed by atoms with Crippen molar-refractivity contribution in [1.29, 1.82) is 0 Å². The Morgan fingerprint density at radius 1 is 1.44 bits per heavy atom. The van der Waals surface area contributed by atoms with Gasteiger partial charge in [-0.25, -0.2) is 0 Å². The van der Waals surface area contributed by atoms with Crippen LogP contribution in [-0.4, -0.2) is 13.1 Å². The summed E-state index contributed by atoms with van der Waals surface area (Å²) in [5, 5.41) is 3.23. The molecular weight excluding hydrogens is 226 g/mol. The Labute approximate surface area is 102 Å². The molecule has 0 saturated carbocycles. The van der Waals surface area contributed by atoms with E-state index in [0.29, 0.717) is 12.6 Å². The summed E-state index contributed by atoms with van der Waals surface area (Å²) in [5.74, 6) is 0.879. The molecule has 1 atom stereocenters. The summed E-state index contributed by atoms with van der Waals surface area (Å²) in [7, 11) is 1.99. The van der Waals surface area contributed by atoms with Crippen molar-refractivity contribution >= 4 is 12.4 Å². The first-order valence-corrected chi connectivity index (χ1v) is 5.38. The number of fused-ring (bicyclic) bond motifs is 1. The Morgan fingerprint density at radius 3 is 3.00 bits per heavy atom. The monoisotopic (exact) mass is 243 g/mol. The molecule has 90 valence electrons. The fraction of sp³-hybridized carbons (Fsp3) is 0.500. The van der Waals surface area contributed by atoms with E-state index >= 15 is 0 Å². The third-order valence-corrected chi connectivity index (χ3v) is 2.85. The molecule has 0 bridgehead atoms. The summed E-state index contributed by atoms with van der Waals surface area (Å²) < 4.78 is 0. The maximum atomic E-state index is 5.06. The van der Waals surface area contributed by atoms with Crippen LogP contribution in [0.1, 0.15) is 24.5 Å². The van der Waals surface area contributed by atoms with Gasteiger partial charge in [0.2, 0.25) is 0 Å². The second kappa shape index (κ2) is 6.09. The number of hydrogen-bond donors (Lipinski definition) is 1. The molecule has 0 radical (unpaired) electrons. The lowest BCUT2D eigenvalue weighted by Gasteiger charge is -2.09. The maximum Gasteiger partial charge on any atom is 0.171 e. The molecule has 2 rings (SSSR count). The van der Waals surface area contributed by atoms with Crippen LogP contribution < -0.4 is 10.2 Å². The molecule has 1 N–H and O–H groups in total. The van der Waals surface area contributed by atoms with E-state index in [4.69, 9.17) is 9.78 Å². The van der Waals surface area contributed by atoms with Crippen LogP contribution in [0.2, 0.25) is 0 Å². The van der Waals surface area contributed by atoms with Gasteiger partial charge in [0.1, 0.15) is 6.61 Å². The molecule has 0 aliphatic carbocycles. The van der Waals surface area contributed by atoms with Gasteiger partial charge >= 0.3 is 0 Å². The standard InChI is InChI=1S/C12H17NO2.ClH/c1-9(13-2)3-4-10-5-6-11-8-14-15-12(11)7-10;/h5-7,9,13H,3-4,8H2,1-2H3;1H. The highest BCUT2D eigenvalue weighted by atomic mass is 35.5. The van der Waals surface area contributed by atoms with E-state index < -0.39 is 0 Å². The van der Waals surface area contributed by atoms with Crippen molar-refractivity contribution in [3.8, 4) is 5.75 Å². The molecule has 0 aromatic heterocycles. The van der Waals surface area contributed by atoms with Gasteiger partial charge in [-0.2, -0.15) is 4.89 Å². The van der Waals surface area contributed by atoms with Crippen molar-refractivity contribution in [2.24, 2.45) is 0 Å². The Hall–Kier alpha value is -0.770. The van der Waals surface area contributed by atoms with E-state index in [1.54, 1.807) is 0 Å². The van der Waals surface area contributed by atoms with Crippen LogP contribution in [0.4, 0.5) is 0 Å². The Bertz CT molecular complexity index is 344. The van der Waals surface area contributed by atoms with Gasteiger partial charge in [-0.1, -0.05) is 12.1 Å². The zero-order valence-corrected chi connectivity index (χ0v) is 10.5. The van der Waals surface area contributed by atoms with Crippen LogP contribution in [0.15, 0.2) is 18.2 Å². The molecule has 3 nitrogen and oxygen atoms in total. The summed E-state index contributed by atoms with van der Waals surface area (Å²) in [6.45, 7) is 2.76. The molecule has 1 unspecified atom stereocenters. The average molecular weight is 244 g/mol. The highest BCUT2D eigenvalue weighted by Crippen LogP contribution is 2.27. The van der Waals surface area contributed by atoms with Crippen LogP contribution in [-0.2, 0) is 17.9 Å². The summed E-state index contributed by atoms with van der Waals surface area (Å²) in [6.07, 6.45) is 2.20. The van der Waals surface area contributed by atoms with Gasteiger partial charge in [-0.05, 0) is 38.4 Å². The number of halogens is 1. The minimum atomic E-state index is 0. The highest BCUT2D eigenvalue weighted by Gasteiger charge is 2.13. The van der Waals surface area contributed by atoms with Gasteiger partial charge in [0, 0.05) is 11.6 Å². The molecule has 0 saturated heterocycles. The largest absolute Gasteiger partial charge is 0.337 e. The molecule has 0 spiro atoms. The molecule has 0 amide bonds. The predicted octanol–water partition coefficient (Wildman–Crippen LogP) is 2.47. The Balaban J connectivity index is 0.00000128. The number of aryl methyl sites for hydroxylation is 1. The van der Waals surface area contributed by atoms with E-state index in [9.17, 15) is 0 Å². The van der Waals surface area contributed by atoms with Gasteiger partial charge in [0.05, 0.1) is 0 Å². The van der Waals surface area contributed by atoms with Crippen molar-refractivity contribution < 1.29 is 9.78 Å². The van der Waals surface area contributed by atoms with Crippen LogP contribution in [0.5, 0.6) is 5.75 Å². The maximum absolute atomic E-state index is 5.06. The van der Waals surface area contributed by atoms with Crippen molar-refractivity contribution in [3.05, 3.63) is 29.3 Å². The topological polar surface area (TPSA) is 30.5 Å². The molecule has 4 heteroatoms. The SMILES string of the molecule is CNC(C)CCc1ccc2c(c1)OOC2.Cl. The summed E-state index contributed by atoms with van der Waals surface area (Å²) in [5.41, 5.74) is 2.45. The van der Waals surface area contributed by atoms with E-state index in [1.807, 2.05) is 7.05 Å². The second-order valence-corrected chi connectivity index (χ2v) is 4.02. The van der Waals surface area contributed by atoms with Crippen molar-refractivity contribution in [2.75, 3.05) is 7.05 Å². The average Bonchev–Trinajstić information content (AvgIpc) is 2.72. The minimum absolute atomic E-state index is 0. The van der Waals surface area contributed by atoms with Crippen LogP contribution >= 0.6 is 12.4 Å². The van der Waals surface area contributed by atoms with Crippen LogP contribution in [0.25, 0.3) is 0 Å². The first kappa shape index (κ1) is 13.3. The molecule has 1 aromatic carbocycles. The number of hydrogen-bond acceptors (Lipinski definition) is 3. The first-order valence-electron chi connectivity index (χ1n) is 5.38. The van der Waals surface area contributed by atoms with E-state index in [-0.39, 0.29) is 12.4 Å². The van der Waals surface area contributed by atoms with Gasteiger partial charge in [0.25, 0.3) is 0 Å². The first-order chi connectivity index (χ1) is 7.29. The molecule has 0 fully saturated rings. The summed E-state index contributed by atoms with van der Waals surface area (Å²) in [6, 6.07) is 6.86. The van der Waals surface area contributed by atoms with Gasteiger partial charge in [-0.15, -0.1) is 12.4 Å². The van der Waals surface area contributed by atoms with E-state index in [0.717, 1.165) is 24.2 Å². The third-order valence-electron chi connectivity index (χ3n) is 2.85. The lowest BCUT2D eigenvalue weighted by Crippen LogP contribution is -2.21. The minimum Gasteiger partial charge on any atom is -0.337 e. The van der Waals surface area contributed by atoms with E-state index in [1.165, 1.54) is 5.56 Å². The highest BCUT2D eigenvalue weighted by molar-refractivity contribution is 5.85. The van der Waals surface area contributed by atoms with Gasteiger partial charge in [0.15, 0.2) is 5.75 Å². The Kier molecular flexibility index (Phi) is 5.06. The quantitative estimate of drug-likeness (QED) is 0.825. The number of rotatable bonds is 4. The molecule has 1 aliphatic rings. The number of nitrogens with one attached hydrogen (secondary N) is 1. The lowest BCUT2D eigenvalue weighted by molar-refractivity contribution is -0.194. The van der Waals surface area contributed by atoms with Crippen molar-refractivity contribution in [3.63, 3.8) is 0 Å². The van der Waals surface area contributed by atoms with Gasteiger partial charge in [-0.3, -0.25) is 0 Å². The number of benzene rings is 1. The lowest BCUT2D eigenvalue weighted by atomic mass is 10.0. The molecule has 1 aromatic rings. The second-order valence-electron chi connectivity index (χ2n) is 4.02. The normalized spacial score (nSPS) is 14.9. The molecular formula is C12H18ClNO2.